The third kappa shape index (κ3) is 4.58. The number of fused-ring (bicyclic) bond motifs is 1. The Morgan fingerprint density at radius 1 is 1.11 bits per heavy atom. The molecule has 0 saturated carbocycles. The summed E-state index contributed by atoms with van der Waals surface area (Å²) in [5.41, 5.74) is 10.1. The fourth-order valence-corrected chi connectivity index (χ4v) is 5.60. The van der Waals surface area contributed by atoms with Crippen molar-refractivity contribution in [1.82, 2.24) is 15.1 Å². The van der Waals surface area contributed by atoms with Crippen LogP contribution in [0.5, 0.6) is 0 Å². The van der Waals surface area contributed by atoms with E-state index in [4.69, 9.17) is 5.73 Å². The van der Waals surface area contributed by atoms with Crippen molar-refractivity contribution >= 4 is 26.9 Å². The monoisotopic (exact) mass is 490 g/mol. The molecule has 1 aliphatic heterocycles. The summed E-state index contributed by atoms with van der Waals surface area (Å²) in [4.78, 5) is 11.7. The van der Waals surface area contributed by atoms with Crippen LogP contribution in [0.2, 0.25) is 0 Å². The van der Waals surface area contributed by atoms with E-state index in [9.17, 15) is 17.8 Å². The number of nitrogens with zero attached hydrogens (tertiary/aromatic N) is 2. The number of carbonyl (C=O) groups excluding carboxylic acids is 1. The second kappa shape index (κ2) is 8.92. The largest absolute Gasteiger partial charge is 0.366 e. The number of nitrogens with one attached hydrogen (secondary N) is 1. The lowest BCUT2D eigenvalue weighted by atomic mass is 9.86. The van der Waals surface area contributed by atoms with Crippen LogP contribution in [0.3, 0.4) is 0 Å². The Balaban J connectivity index is 1.33. The standard InChI is InChI=1S/C26H26N4O4S/c1-16-5-12-24(35(32,33)34)22(13-16)23-11-8-18(14-28-23)17-6-9-20(10-7-17)30-15-19-3-2-4-21(26(27)31)25(19)29-30/h2-7,9-10,12-13,15,18,23,28H,8,11,14H2,1H3,(H2,27,31)(H,32,33,34)/t18-,23?/m1/s1. The summed E-state index contributed by atoms with van der Waals surface area (Å²) < 4.78 is 35.1. The molecule has 1 aromatic heterocycles. The highest BCUT2D eigenvalue weighted by atomic mass is 32.2. The van der Waals surface area contributed by atoms with Crippen molar-refractivity contribution in [3.63, 3.8) is 0 Å². The highest BCUT2D eigenvalue weighted by Gasteiger charge is 2.27. The quantitative estimate of drug-likeness (QED) is 0.364. The molecule has 0 bridgehead atoms. The molecule has 8 nitrogen and oxygen atoms in total. The topological polar surface area (TPSA) is 127 Å². The minimum absolute atomic E-state index is 0.0329. The number of rotatable bonds is 5. The molecule has 2 atom stereocenters. The van der Waals surface area contributed by atoms with Crippen molar-refractivity contribution in [2.75, 3.05) is 6.54 Å². The Bertz CT molecular complexity index is 1520. The van der Waals surface area contributed by atoms with Crippen LogP contribution in [0.1, 0.15) is 51.8 Å². The van der Waals surface area contributed by atoms with Gasteiger partial charge in [-0.05, 0) is 61.1 Å². The van der Waals surface area contributed by atoms with Gasteiger partial charge in [0.05, 0.1) is 16.1 Å². The molecule has 35 heavy (non-hydrogen) atoms. The first-order valence-electron chi connectivity index (χ1n) is 11.4. The van der Waals surface area contributed by atoms with Gasteiger partial charge in [-0.3, -0.25) is 9.35 Å². The van der Waals surface area contributed by atoms with Crippen molar-refractivity contribution in [3.8, 4) is 5.69 Å². The van der Waals surface area contributed by atoms with Crippen LogP contribution in [0.15, 0.2) is 71.8 Å². The van der Waals surface area contributed by atoms with Crippen LogP contribution >= 0.6 is 0 Å². The fraction of sp³-hybridized carbons (Fsp3) is 0.231. The van der Waals surface area contributed by atoms with Crippen LogP contribution in [-0.2, 0) is 10.1 Å². The van der Waals surface area contributed by atoms with E-state index in [-0.39, 0.29) is 16.9 Å². The van der Waals surface area contributed by atoms with Crippen molar-refractivity contribution in [3.05, 3.63) is 89.1 Å². The zero-order valence-corrected chi connectivity index (χ0v) is 20.0. The minimum Gasteiger partial charge on any atom is -0.366 e. The Kier molecular flexibility index (Phi) is 5.92. The number of piperidine rings is 1. The highest BCUT2D eigenvalue weighted by molar-refractivity contribution is 7.85. The van der Waals surface area contributed by atoms with Crippen molar-refractivity contribution < 1.29 is 17.8 Å². The number of nitrogens with two attached hydrogens (primary N) is 1. The van der Waals surface area contributed by atoms with Gasteiger partial charge in [-0.25, -0.2) is 4.68 Å². The molecule has 4 N–H and O–H groups in total. The van der Waals surface area contributed by atoms with Crippen LogP contribution in [0.4, 0.5) is 0 Å². The van der Waals surface area contributed by atoms with E-state index in [0.29, 0.717) is 23.2 Å². The lowest BCUT2D eigenvalue weighted by Gasteiger charge is -2.31. The summed E-state index contributed by atoms with van der Waals surface area (Å²) in [6, 6.07) is 18.3. The maximum Gasteiger partial charge on any atom is 0.294 e. The van der Waals surface area contributed by atoms with Crippen LogP contribution in [0.25, 0.3) is 16.6 Å². The number of aromatic nitrogens is 2. The maximum atomic E-state index is 11.8. The maximum absolute atomic E-state index is 11.8. The molecular formula is C26H26N4O4S. The number of primary amides is 1. The van der Waals surface area contributed by atoms with Crippen LogP contribution in [-0.4, -0.2) is 35.2 Å². The number of amides is 1. The average molecular weight is 491 g/mol. The summed E-state index contributed by atoms with van der Waals surface area (Å²) >= 11 is 0. The number of carbonyl (C=O) groups is 1. The summed E-state index contributed by atoms with van der Waals surface area (Å²) in [5, 5.41) is 8.87. The number of aryl methyl sites for hydroxylation is 1. The van der Waals surface area contributed by atoms with Gasteiger partial charge >= 0.3 is 0 Å². The highest BCUT2D eigenvalue weighted by Crippen LogP contribution is 2.34. The lowest BCUT2D eigenvalue weighted by molar-refractivity contribution is 0.100. The normalized spacial score (nSPS) is 18.6. The van der Waals surface area contributed by atoms with E-state index in [1.54, 1.807) is 22.9 Å². The smallest absolute Gasteiger partial charge is 0.294 e. The van der Waals surface area contributed by atoms with Crippen LogP contribution < -0.4 is 11.1 Å². The SMILES string of the molecule is Cc1ccc(S(=O)(=O)O)c(C2CC[C@@H](c3ccc(-n4cc5cccc(C(N)=O)c5n4)cc3)CN2)c1. The molecule has 0 spiro atoms. The molecule has 1 saturated heterocycles. The third-order valence-corrected chi connectivity index (χ3v) is 7.59. The fourth-order valence-electron chi connectivity index (χ4n) is 4.86. The molecule has 1 aliphatic rings. The average Bonchev–Trinajstić information content (AvgIpc) is 3.28. The van der Waals surface area contributed by atoms with Gasteiger partial charge in [0.25, 0.3) is 16.0 Å². The molecule has 0 aliphatic carbocycles. The van der Waals surface area contributed by atoms with Crippen molar-refractivity contribution in [2.24, 2.45) is 5.73 Å². The number of hydrogen-bond donors (Lipinski definition) is 3. The molecule has 3 aromatic carbocycles. The zero-order valence-electron chi connectivity index (χ0n) is 19.2. The van der Waals surface area contributed by atoms with E-state index < -0.39 is 16.0 Å². The van der Waals surface area contributed by atoms with Crippen LogP contribution in [0, 0.1) is 6.92 Å². The van der Waals surface area contributed by atoms with Crippen molar-refractivity contribution in [1.29, 1.82) is 0 Å². The summed E-state index contributed by atoms with van der Waals surface area (Å²) in [7, 11) is -4.29. The molecule has 1 fully saturated rings. The van der Waals surface area contributed by atoms with Gasteiger partial charge in [0, 0.05) is 24.2 Å². The first-order chi connectivity index (χ1) is 16.7. The number of benzene rings is 3. The second-order valence-corrected chi connectivity index (χ2v) is 10.4. The van der Waals surface area contributed by atoms with E-state index in [2.05, 4.69) is 22.5 Å². The van der Waals surface area contributed by atoms with Gasteiger partial charge in [-0.1, -0.05) is 42.0 Å². The molecule has 1 unspecified atom stereocenters. The summed E-state index contributed by atoms with van der Waals surface area (Å²) in [5.74, 6) is -0.230. The molecule has 180 valence electrons. The second-order valence-electron chi connectivity index (χ2n) is 9.02. The lowest BCUT2D eigenvalue weighted by Crippen LogP contribution is -2.33. The first-order valence-corrected chi connectivity index (χ1v) is 12.8. The molecule has 9 heteroatoms. The first kappa shape index (κ1) is 23.2. The molecule has 4 aromatic rings. The Morgan fingerprint density at radius 3 is 2.54 bits per heavy atom. The predicted octanol–water partition coefficient (Wildman–Crippen LogP) is 3.89. The Hall–Kier alpha value is -3.53. The Morgan fingerprint density at radius 2 is 1.89 bits per heavy atom. The van der Waals surface area contributed by atoms with Gasteiger partial charge < -0.3 is 11.1 Å². The molecule has 1 amide bonds. The van der Waals surface area contributed by atoms with Gasteiger partial charge in [-0.15, -0.1) is 0 Å². The van der Waals surface area contributed by atoms with E-state index in [0.717, 1.165) is 29.5 Å². The van der Waals surface area contributed by atoms with E-state index in [1.807, 2.05) is 37.4 Å². The minimum atomic E-state index is -4.29. The number of hydrogen-bond acceptors (Lipinski definition) is 5. The van der Waals surface area contributed by atoms with Gasteiger partial charge in [0.1, 0.15) is 5.52 Å². The van der Waals surface area contributed by atoms with Gasteiger partial charge in [0.15, 0.2) is 0 Å². The van der Waals surface area contributed by atoms with Gasteiger partial charge in [0.2, 0.25) is 0 Å². The summed E-state index contributed by atoms with van der Waals surface area (Å²) in [6.45, 7) is 2.60. The molecule has 5 rings (SSSR count). The molecule has 0 radical (unpaired) electrons. The molecular weight excluding hydrogens is 464 g/mol. The zero-order chi connectivity index (χ0) is 24.7. The van der Waals surface area contributed by atoms with E-state index >= 15 is 0 Å². The van der Waals surface area contributed by atoms with Crippen molar-refractivity contribution in [2.45, 2.75) is 36.6 Å². The Labute approximate surface area is 203 Å². The summed E-state index contributed by atoms with van der Waals surface area (Å²) in [6.07, 6.45) is 3.50. The molecule has 2 heterocycles. The third-order valence-electron chi connectivity index (χ3n) is 6.66. The van der Waals surface area contributed by atoms with E-state index in [1.165, 1.54) is 11.6 Å². The van der Waals surface area contributed by atoms with Gasteiger partial charge in [-0.2, -0.15) is 13.5 Å². The predicted molar refractivity (Wildman–Crippen MR) is 133 cm³/mol.